The van der Waals surface area contributed by atoms with E-state index in [1.807, 2.05) is 30.1 Å². The van der Waals surface area contributed by atoms with Crippen LogP contribution in [0.1, 0.15) is 11.3 Å². The van der Waals surface area contributed by atoms with Crippen LogP contribution in [0.15, 0.2) is 42.7 Å². The number of anilines is 1. The number of hydrogen-bond donors (Lipinski definition) is 1. The molecule has 0 radical (unpaired) electrons. The molecule has 0 fully saturated rings. The molecule has 0 aliphatic carbocycles. The number of nitrogens with two attached hydrogens (primary N) is 1. The second-order valence-corrected chi connectivity index (χ2v) is 4.69. The van der Waals surface area contributed by atoms with Crippen molar-refractivity contribution in [2.75, 3.05) is 18.5 Å². The van der Waals surface area contributed by atoms with Gasteiger partial charge in [-0.15, -0.1) is 0 Å². The summed E-state index contributed by atoms with van der Waals surface area (Å²) in [5, 5.41) is 0. The number of hydrogen-bond acceptors (Lipinski definition) is 4. The van der Waals surface area contributed by atoms with E-state index in [1.54, 1.807) is 12.4 Å². The molecule has 0 saturated heterocycles. The summed E-state index contributed by atoms with van der Waals surface area (Å²) in [7, 11) is 1.97. The highest BCUT2D eigenvalue weighted by Gasteiger charge is 2.11. The summed E-state index contributed by atoms with van der Waals surface area (Å²) in [4.78, 5) is 10.8. The Labute approximate surface area is 118 Å². The molecule has 2 N–H and O–H groups in total. The summed E-state index contributed by atoms with van der Waals surface area (Å²) in [6.07, 6.45) is 4.18. The van der Waals surface area contributed by atoms with Crippen LogP contribution in [-0.2, 0) is 6.42 Å². The second-order valence-electron chi connectivity index (χ2n) is 4.25. The molecule has 0 saturated carbocycles. The van der Waals surface area contributed by atoms with E-state index in [4.69, 9.17) is 18.0 Å². The van der Waals surface area contributed by atoms with E-state index >= 15 is 0 Å². The standard InChI is InChI=1S/C14H16N4S/c1-18(10-7-11-5-3-2-4-6-11)14-12(13(15)19)16-8-9-17-14/h2-6,8-9H,7,10H2,1H3,(H2,15,19). The molecule has 0 atom stereocenters. The van der Waals surface area contributed by atoms with E-state index in [-0.39, 0.29) is 4.99 Å². The SMILES string of the molecule is CN(CCc1ccccc1)c1nccnc1C(N)=S. The molecule has 1 aromatic heterocycles. The maximum absolute atomic E-state index is 5.66. The van der Waals surface area contributed by atoms with Crippen LogP contribution >= 0.6 is 12.2 Å². The van der Waals surface area contributed by atoms with Gasteiger partial charge in [0.05, 0.1) is 0 Å². The Bertz CT molecular complexity index is 556. The Morgan fingerprint density at radius 3 is 2.58 bits per heavy atom. The van der Waals surface area contributed by atoms with Gasteiger partial charge in [-0.1, -0.05) is 42.5 Å². The van der Waals surface area contributed by atoms with E-state index in [2.05, 4.69) is 22.1 Å². The van der Waals surface area contributed by atoms with E-state index < -0.39 is 0 Å². The smallest absolute Gasteiger partial charge is 0.157 e. The van der Waals surface area contributed by atoms with Gasteiger partial charge in [-0.25, -0.2) is 9.97 Å². The fraction of sp³-hybridized carbons (Fsp3) is 0.214. The summed E-state index contributed by atoms with van der Waals surface area (Å²) in [6.45, 7) is 0.832. The quantitative estimate of drug-likeness (QED) is 0.841. The monoisotopic (exact) mass is 272 g/mol. The molecule has 98 valence electrons. The van der Waals surface area contributed by atoms with Crippen LogP contribution in [-0.4, -0.2) is 28.5 Å². The van der Waals surface area contributed by atoms with E-state index in [0.29, 0.717) is 5.69 Å². The van der Waals surface area contributed by atoms with Gasteiger partial charge in [0.15, 0.2) is 5.82 Å². The molecule has 19 heavy (non-hydrogen) atoms. The van der Waals surface area contributed by atoms with Gasteiger partial charge in [0.1, 0.15) is 10.7 Å². The van der Waals surface area contributed by atoms with Crippen molar-refractivity contribution < 1.29 is 0 Å². The molecule has 1 aromatic carbocycles. The van der Waals surface area contributed by atoms with Crippen LogP contribution in [0.4, 0.5) is 5.82 Å². The first-order chi connectivity index (χ1) is 9.18. The molecule has 5 heteroatoms. The fourth-order valence-electron chi connectivity index (χ4n) is 1.83. The lowest BCUT2D eigenvalue weighted by Crippen LogP contribution is -2.26. The first kappa shape index (κ1) is 13.4. The number of benzene rings is 1. The lowest BCUT2D eigenvalue weighted by molar-refractivity contribution is 0.853. The molecule has 2 aromatic rings. The van der Waals surface area contributed by atoms with Gasteiger partial charge in [-0.05, 0) is 12.0 Å². The molecule has 0 aliphatic rings. The molecule has 0 unspecified atom stereocenters. The van der Waals surface area contributed by atoms with Gasteiger partial charge in [0.25, 0.3) is 0 Å². The molecule has 1 heterocycles. The molecule has 2 rings (SSSR count). The topological polar surface area (TPSA) is 55.0 Å². The summed E-state index contributed by atoms with van der Waals surface area (Å²) in [6, 6.07) is 10.3. The zero-order chi connectivity index (χ0) is 13.7. The Morgan fingerprint density at radius 1 is 1.21 bits per heavy atom. The van der Waals surface area contributed by atoms with Crippen molar-refractivity contribution in [3.05, 3.63) is 54.0 Å². The maximum Gasteiger partial charge on any atom is 0.157 e. The predicted octanol–water partition coefficient (Wildman–Crippen LogP) is 1.79. The minimum Gasteiger partial charge on any atom is -0.388 e. The van der Waals surface area contributed by atoms with Crippen LogP contribution in [0.5, 0.6) is 0 Å². The van der Waals surface area contributed by atoms with E-state index in [9.17, 15) is 0 Å². The molecule has 4 nitrogen and oxygen atoms in total. The number of nitrogens with zero attached hydrogens (tertiary/aromatic N) is 3. The lowest BCUT2D eigenvalue weighted by Gasteiger charge is -2.19. The van der Waals surface area contributed by atoms with Crippen molar-refractivity contribution in [2.24, 2.45) is 5.73 Å². The van der Waals surface area contributed by atoms with Crippen LogP contribution in [0.2, 0.25) is 0 Å². The predicted molar refractivity (Wildman–Crippen MR) is 81.3 cm³/mol. The third-order valence-corrected chi connectivity index (χ3v) is 3.05. The number of thiocarbonyl (C=S) groups is 1. The number of aromatic nitrogens is 2. The van der Waals surface area contributed by atoms with Crippen molar-refractivity contribution in [3.63, 3.8) is 0 Å². The minimum atomic E-state index is 0.273. The normalized spacial score (nSPS) is 10.2. The summed E-state index contributed by atoms with van der Waals surface area (Å²) in [5.74, 6) is 0.728. The van der Waals surface area contributed by atoms with Gasteiger partial charge in [0, 0.05) is 26.0 Å². The summed E-state index contributed by atoms with van der Waals surface area (Å²) in [5.41, 5.74) is 7.53. The summed E-state index contributed by atoms with van der Waals surface area (Å²) >= 11 is 5.00. The highest BCUT2D eigenvalue weighted by molar-refractivity contribution is 7.80. The first-order valence-electron chi connectivity index (χ1n) is 6.04. The zero-order valence-corrected chi connectivity index (χ0v) is 11.6. The lowest BCUT2D eigenvalue weighted by atomic mass is 10.1. The number of rotatable bonds is 5. The highest BCUT2D eigenvalue weighted by Crippen LogP contribution is 2.13. The van der Waals surface area contributed by atoms with Crippen LogP contribution in [0, 0.1) is 0 Å². The van der Waals surface area contributed by atoms with Gasteiger partial charge in [0.2, 0.25) is 0 Å². The van der Waals surface area contributed by atoms with E-state index in [1.165, 1.54) is 5.56 Å². The minimum absolute atomic E-state index is 0.273. The van der Waals surface area contributed by atoms with Gasteiger partial charge >= 0.3 is 0 Å². The zero-order valence-electron chi connectivity index (χ0n) is 10.8. The molecule has 0 aliphatic heterocycles. The Hall–Kier alpha value is -2.01. The fourth-order valence-corrected chi connectivity index (χ4v) is 1.98. The Balaban J connectivity index is 2.08. The van der Waals surface area contributed by atoms with Crippen LogP contribution in [0.3, 0.4) is 0 Å². The maximum atomic E-state index is 5.66. The van der Waals surface area contributed by atoms with Gasteiger partial charge < -0.3 is 10.6 Å². The first-order valence-corrected chi connectivity index (χ1v) is 6.45. The van der Waals surface area contributed by atoms with Crippen molar-refractivity contribution in [2.45, 2.75) is 6.42 Å². The van der Waals surface area contributed by atoms with Crippen molar-refractivity contribution >= 4 is 23.0 Å². The molecular formula is C14H16N4S. The largest absolute Gasteiger partial charge is 0.388 e. The van der Waals surface area contributed by atoms with Gasteiger partial charge in [-0.2, -0.15) is 0 Å². The third kappa shape index (κ3) is 3.48. The molecule has 0 bridgehead atoms. The van der Waals surface area contributed by atoms with Crippen LogP contribution in [0.25, 0.3) is 0 Å². The second kappa shape index (κ2) is 6.24. The Kier molecular flexibility index (Phi) is 4.41. The van der Waals surface area contributed by atoms with Crippen molar-refractivity contribution in [3.8, 4) is 0 Å². The summed E-state index contributed by atoms with van der Waals surface area (Å²) < 4.78 is 0. The van der Waals surface area contributed by atoms with Gasteiger partial charge in [-0.3, -0.25) is 0 Å². The molecule has 0 spiro atoms. The van der Waals surface area contributed by atoms with E-state index in [0.717, 1.165) is 18.8 Å². The highest BCUT2D eigenvalue weighted by atomic mass is 32.1. The number of likely N-dealkylation sites (N-methyl/N-ethyl adjacent to an activating group) is 1. The average molecular weight is 272 g/mol. The van der Waals surface area contributed by atoms with Crippen molar-refractivity contribution in [1.82, 2.24) is 9.97 Å². The van der Waals surface area contributed by atoms with Crippen LogP contribution < -0.4 is 10.6 Å². The third-order valence-electron chi connectivity index (χ3n) is 2.85. The molecule has 0 amide bonds. The average Bonchev–Trinajstić information content (AvgIpc) is 2.46. The van der Waals surface area contributed by atoms with Crippen molar-refractivity contribution in [1.29, 1.82) is 0 Å². The molecular weight excluding hydrogens is 256 g/mol. The Morgan fingerprint density at radius 2 is 1.89 bits per heavy atom.